The van der Waals surface area contributed by atoms with Gasteiger partial charge in [-0.3, -0.25) is 4.79 Å². The fourth-order valence-electron chi connectivity index (χ4n) is 1.56. The van der Waals surface area contributed by atoms with Gasteiger partial charge in [0, 0.05) is 0 Å². The summed E-state index contributed by atoms with van der Waals surface area (Å²) in [7, 11) is 0. The molecule has 0 aromatic heterocycles. The molecule has 0 aliphatic heterocycles. The van der Waals surface area contributed by atoms with Gasteiger partial charge in [0.25, 0.3) is 0 Å². The first kappa shape index (κ1) is 16.3. The molecular weight excluding hydrogens is 283 g/mol. The molecule has 1 amide bonds. The maximum absolute atomic E-state index is 12.0. The number of rotatable bonds is 3. The minimum absolute atomic E-state index is 0.171. The highest BCUT2D eigenvalue weighted by molar-refractivity contribution is 6.42. The maximum Gasteiger partial charge on any atom is 0.237 e. The normalized spacial score (nSPS) is 14.9. The van der Waals surface area contributed by atoms with Gasteiger partial charge in [0.1, 0.15) is 0 Å². The summed E-state index contributed by atoms with van der Waals surface area (Å²) in [6.07, 6.45) is 0. The second-order valence-electron chi connectivity index (χ2n) is 5.75. The zero-order valence-corrected chi connectivity index (χ0v) is 13.1. The third kappa shape index (κ3) is 4.37. The van der Waals surface area contributed by atoms with E-state index < -0.39 is 6.04 Å². The van der Waals surface area contributed by atoms with E-state index in [0.717, 1.165) is 5.56 Å². The minimum atomic E-state index is -0.558. The lowest BCUT2D eigenvalue weighted by molar-refractivity contribution is -0.125. The lowest BCUT2D eigenvalue weighted by Gasteiger charge is -2.27. The summed E-state index contributed by atoms with van der Waals surface area (Å²) in [4.78, 5) is 12.0. The molecule has 19 heavy (non-hydrogen) atoms. The van der Waals surface area contributed by atoms with Crippen molar-refractivity contribution in [3.05, 3.63) is 33.8 Å². The lowest BCUT2D eigenvalue weighted by Crippen LogP contribution is -2.49. The van der Waals surface area contributed by atoms with Crippen molar-refractivity contribution >= 4 is 29.1 Å². The van der Waals surface area contributed by atoms with Crippen molar-refractivity contribution in [1.29, 1.82) is 0 Å². The summed E-state index contributed by atoms with van der Waals surface area (Å²) in [6.45, 7) is 7.68. The van der Waals surface area contributed by atoms with Crippen LogP contribution in [0.1, 0.15) is 39.3 Å². The molecule has 3 nitrogen and oxygen atoms in total. The number of benzene rings is 1. The van der Waals surface area contributed by atoms with E-state index in [-0.39, 0.29) is 17.4 Å². The average Bonchev–Trinajstić information content (AvgIpc) is 2.30. The first-order valence-electron chi connectivity index (χ1n) is 6.14. The highest BCUT2D eigenvalue weighted by atomic mass is 35.5. The summed E-state index contributed by atoms with van der Waals surface area (Å²) < 4.78 is 0. The van der Waals surface area contributed by atoms with Crippen LogP contribution in [0.15, 0.2) is 18.2 Å². The molecule has 0 bridgehead atoms. The van der Waals surface area contributed by atoms with Gasteiger partial charge < -0.3 is 11.1 Å². The van der Waals surface area contributed by atoms with Crippen LogP contribution in [0.3, 0.4) is 0 Å². The molecule has 3 N–H and O–H groups in total. The van der Waals surface area contributed by atoms with Crippen LogP contribution in [-0.2, 0) is 4.79 Å². The Bertz CT molecular complexity index is 469. The zero-order valence-electron chi connectivity index (χ0n) is 11.6. The van der Waals surface area contributed by atoms with Gasteiger partial charge in [-0.2, -0.15) is 0 Å². The van der Waals surface area contributed by atoms with Crippen LogP contribution in [0, 0.1) is 5.41 Å². The molecule has 0 radical (unpaired) electrons. The van der Waals surface area contributed by atoms with Crippen molar-refractivity contribution < 1.29 is 4.79 Å². The van der Waals surface area contributed by atoms with Crippen molar-refractivity contribution in [2.75, 3.05) is 0 Å². The monoisotopic (exact) mass is 302 g/mol. The molecule has 0 saturated heterocycles. The number of nitrogens with two attached hydrogens (primary N) is 1. The Labute approximate surface area is 124 Å². The summed E-state index contributed by atoms with van der Waals surface area (Å²) in [5, 5.41) is 3.85. The Morgan fingerprint density at radius 3 is 2.32 bits per heavy atom. The molecule has 0 spiro atoms. The SMILES string of the molecule is CC(NC(=O)[C@@H](N)C(C)(C)C)c1ccc(Cl)c(Cl)c1. The fourth-order valence-corrected chi connectivity index (χ4v) is 1.87. The molecule has 1 aromatic rings. The number of halogens is 2. The standard InChI is InChI=1S/C14H20Cl2N2O/c1-8(9-5-6-10(15)11(16)7-9)18-13(19)12(17)14(2,3)4/h5-8,12H,17H2,1-4H3,(H,18,19)/t8?,12-/m1/s1. The van der Waals surface area contributed by atoms with E-state index in [4.69, 9.17) is 28.9 Å². The number of carbonyl (C=O) groups excluding carboxylic acids is 1. The quantitative estimate of drug-likeness (QED) is 0.897. The van der Waals surface area contributed by atoms with E-state index in [0.29, 0.717) is 10.0 Å². The highest BCUT2D eigenvalue weighted by Crippen LogP contribution is 2.26. The number of hydrogen-bond acceptors (Lipinski definition) is 2. The second kappa shape index (κ2) is 6.12. The van der Waals surface area contributed by atoms with Crippen molar-refractivity contribution in [2.24, 2.45) is 11.1 Å². The van der Waals surface area contributed by atoms with E-state index in [1.165, 1.54) is 0 Å². The van der Waals surface area contributed by atoms with Crippen molar-refractivity contribution in [1.82, 2.24) is 5.32 Å². The molecule has 0 fully saturated rings. The second-order valence-corrected chi connectivity index (χ2v) is 6.56. The number of amides is 1. The maximum atomic E-state index is 12.0. The molecule has 0 heterocycles. The van der Waals surface area contributed by atoms with Gasteiger partial charge in [-0.05, 0) is 30.0 Å². The van der Waals surface area contributed by atoms with Crippen molar-refractivity contribution in [2.45, 2.75) is 39.8 Å². The van der Waals surface area contributed by atoms with E-state index in [2.05, 4.69) is 5.32 Å². The van der Waals surface area contributed by atoms with Gasteiger partial charge in [0.05, 0.1) is 22.1 Å². The molecule has 0 aliphatic rings. The molecule has 1 rings (SSSR count). The third-order valence-electron chi connectivity index (χ3n) is 3.02. The van der Waals surface area contributed by atoms with Crippen molar-refractivity contribution in [3.8, 4) is 0 Å². The summed E-state index contributed by atoms with van der Waals surface area (Å²) in [6, 6.07) is 4.57. The molecule has 1 aromatic carbocycles. The van der Waals surface area contributed by atoms with Gasteiger partial charge >= 0.3 is 0 Å². The molecule has 2 atom stereocenters. The molecular formula is C14H20Cl2N2O. The first-order valence-corrected chi connectivity index (χ1v) is 6.89. The van der Waals surface area contributed by atoms with Gasteiger partial charge in [-0.15, -0.1) is 0 Å². The molecule has 0 aliphatic carbocycles. The van der Waals surface area contributed by atoms with Crippen LogP contribution < -0.4 is 11.1 Å². The van der Waals surface area contributed by atoms with Crippen LogP contribution in [-0.4, -0.2) is 11.9 Å². The van der Waals surface area contributed by atoms with Gasteiger partial charge in [0.15, 0.2) is 0 Å². The first-order chi connectivity index (χ1) is 8.62. The smallest absolute Gasteiger partial charge is 0.237 e. The largest absolute Gasteiger partial charge is 0.348 e. The molecule has 1 unspecified atom stereocenters. The Morgan fingerprint density at radius 1 is 1.26 bits per heavy atom. The van der Waals surface area contributed by atoms with Crippen LogP contribution in [0.2, 0.25) is 10.0 Å². The predicted molar refractivity (Wildman–Crippen MR) is 80.5 cm³/mol. The van der Waals surface area contributed by atoms with E-state index >= 15 is 0 Å². The summed E-state index contributed by atoms with van der Waals surface area (Å²) in [5.74, 6) is -0.175. The Morgan fingerprint density at radius 2 is 1.84 bits per heavy atom. The topological polar surface area (TPSA) is 55.1 Å². The Balaban J connectivity index is 2.77. The van der Waals surface area contributed by atoms with Crippen LogP contribution in [0.4, 0.5) is 0 Å². The van der Waals surface area contributed by atoms with E-state index in [1.54, 1.807) is 12.1 Å². The van der Waals surface area contributed by atoms with E-state index in [9.17, 15) is 4.79 Å². The zero-order chi connectivity index (χ0) is 14.8. The van der Waals surface area contributed by atoms with E-state index in [1.807, 2.05) is 33.8 Å². The van der Waals surface area contributed by atoms with Crippen LogP contribution >= 0.6 is 23.2 Å². The third-order valence-corrected chi connectivity index (χ3v) is 3.76. The fraction of sp³-hybridized carbons (Fsp3) is 0.500. The number of carbonyl (C=O) groups is 1. The molecule has 5 heteroatoms. The predicted octanol–water partition coefficient (Wildman–Crippen LogP) is 3.54. The Hall–Kier alpha value is -0.770. The van der Waals surface area contributed by atoms with Crippen LogP contribution in [0.25, 0.3) is 0 Å². The lowest BCUT2D eigenvalue weighted by atomic mass is 9.86. The molecule has 0 saturated carbocycles. The molecule has 106 valence electrons. The Kier molecular flexibility index (Phi) is 5.25. The van der Waals surface area contributed by atoms with Crippen molar-refractivity contribution in [3.63, 3.8) is 0 Å². The van der Waals surface area contributed by atoms with Crippen LogP contribution in [0.5, 0.6) is 0 Å². The van der Waals surface area contributed by atoms with Gasteiger partial charge in [-0.1, -0.05) is 50.0 Å². The number of nitrogens with one attached hydrogen (secondary N) is 1. The average molecular weight is 303 g/mol. The van der Waals surface area contributed by atoms with Gasteiger partial charge in [0.2, 0.25) is 5.91 Å². The summed E-state index contributed by atoms with van der Waals surface area (Å²) >= 11 is 11.8. The highest BCUT2D eigenvalue weighted by Gasteiger charge is 2.28. The summed E-state index contributed by atoms with van der Waals surface area (Å²) in [5.41, 5.74) is 6.53. The van der Waals surface area contributed by atoms with Gasteiger partial charge in [-0.25, -0.2) is 0 Å². The minimum Gasteiger partial charge on any atom is -0.348 e. The number of hydrogen-bond donors (Lipinski definition) is 2.